The highest BCUT2D eigenvalue weighted by atomic mass is 32.1. The van der Waals surface area contributed by atoms with Crippen LogP contribution in [0.2, 0.25) is 0 Å². The zero-order valence-corrected chi connectivity index (χ0v) is 28.6. The summed E-state index contributed by atoms with van der Waals surface area (Å²) >= 11 is 1.70. The number of thiazole rings is 1. The Labute approximate surface area is 303 Å². The van der Waals surface area contributed by atoms with E-state index in [2.05, 4.69) is 115 Å². The molecule has 5 nitrogen and oxygen atoms in total. The number of para-hydroxylation sites is 1. The molecule has 0 spiro atoms. The standard InChI is InChI=1S/C46H28N4OS/c1-4-14-29(15-5-1)32-20-12-22-34(26-32)44-48-43(30-16-6-2-7-17-30)49-45(50-44)35-23-13-21-33(27-35)37-28-38-42(52-46(47-38)31-18-8-3-9-19-31)40-36-24-10-11-25-39(36)51-41(37)40/h1-28H. The molecule has 0 saturated carbocycles. The van der Waals surface area contributed by atoms with Gasteiger partial charge in [-0.05, 0) is 41.0 Å². The molecule has 6 heteroatoms. The van der Waals surface area contributed by atoms with Gasteiger partial charge in [0.1, 0.15) is 16.2 Å². The molecule has 0 radical (unpaired) electrons. The van der Waals surface area contributed by atoms with Gasteiger partial charge in [-0.15, -0.1) is 11.3 Å². The SMILES string of the molecule is c1ccc(-c2cccc(-c3nc(-c4ccccc4)nc(-c4cccc(-c5cc6nc(-c7ccccc7)sc6c6c5oc5ccccc56)c4)n3)c2)cc1. The zero-order valence-electron chi connectivity index (χ0n) is 27.8. The van der Waals surface area contributed by atoms with E-state index in [1.165, 1.54) is 0 Å². The van der Waals surface area contributed by atoms with E-state index >= 15 is 0 Å². The number of benzene rings is 7. The van der Waals surface area contributed by atoms with Gasteiger partial charge in [0.15, 0.2) is 17.5 Å². The topological polar surface area (TPSA) is 64.7 Å². The summed E-state index contributed by atoms with van der Waals surface area (Å²) in [5, 5.41) is 3.15. The Morgan fingerprint density at radius 2 is 0.923 bits per heavy atom. The predicted octanol–water partition coefficient (Wildman–Crippen LogP) is 12.4. The third-order valence-electron chi connectivity index (χ3n) is 9.35. The average molecular weight is 685 g/mol. The van der Waals surface area contributed by atoms with Crippen LogP contribution in [-0.4, -0.2) is 19.9 Å². The molecule has 244 valence electrons. The molecule has 52 heavy (non-hydrogen) atoms. The number of hydrogen-bond donors (Lipinski definition) is 0. The quantitative estimate of drug-likeness (QED) is 0.174. The Morgan fingerprint density at radius 3 is 1.62 bits per heavy atom. The summed E-state index contributed by atoms with van der Waals surface area (Å²) in [6, 6.07) is 57.9. The normalized spacial score (nSPS) is 11.5. The molecule has 0 aliphatic heterocycles. The van der Waals surface area contributed by atoms with Gasteiger partial charge in [-0.2, -0.15) is 0 Å². The molecule has 0 saturated heterocycles. The van der Waals surface area contributed by atoms with Gasteiger partial charge < -0.3 is 4.42 Å². The molecule has 0 bridgehead atoms. The van der Waals surface area contributed by atoms with Crippen molar-refractivity contribution in [2.75, 3.05) is 0 Å². The maximum atomic E-state index is 6.65. The van der Waals surface area contributed by atoms with Crippen molar-refractivity contribution in [3.8, 4) is 67.0 Å². The molecule has 0 N–H and O–H groups in total. The second kappa shape index (κ2) is 12.5. The van der Waals surface area contributed by atoms with Crippen molar-refractivity contribution in [1.29, 1.82) is 0 Å². The highest BCUT2D eigenvalue weighted by molar-refractivity contribution is 7.22. The van der Waals surface area contributed by atoms with E-state index in [4.69, 9.17) is 24.4 Å². The second-order valence-electron chi connectivity index (χ2n) is 12.7. The first-order valence-electron chi connectivity index (χ1n) is 17.1. The summed E-state index contributed by atoms with van der Waals surface area (Å²) in [6.45, 7) is 0. The minimum absolute atomic E-state index is 0.595. The van der Waals surface area contributed by atoms with E-state index in [-0.39, 0.29) is 0 Å². The molecule has 0 fully saturated rings. The highest BCUT2D eigenvalue weighted by Crippen LogP contribution is 2.44. The van der Waals surface area contributed by atoms with Crippen LogP contribution < -0.4 is 0 Å². The zero-order chi connectivity index (χ0) is 34.4. The number of aromatic nitrogens is 4. The van der Waals surface area contributed by atoms with E-state index in [9.17, 15) is 0 Å². The fourth-order valence-corrected chi connectivity index (χ4v) is 7.94. The molecule has 3 aromatic heterocycles. The largest absolute Gasteiger partial charge is 0.455 e. The third kappa shape index (κ3) is 5.34. The fraction of sp³-hybridized carbons (Fsp3) is 0. The maximum absolute atomic E-state index is 6.65. The minimum atomic E-state index is 0.595. The molecule has 7 aromatic carbocycles. The summed E-state index contributed by atoms with van der Waals surface area (Å²) in [6.07, 6.45) is 0. The number of rotatable bonds is 6. The molecular weight excluding hydrogens is 657 g/mol. The fourth-order valence-electron chi connectivity index (χ4n) is 6.84. The van der Waals surface area contributed by atoms with E-state index in [0.717, 1.165) is 81.7 Å². The summed E-state index contributed by atoms with van der Waals surface area (Å²) < 4.78 is 7.76. The Hall–Kier alpha value is -6.76. The number of fused-ring (bicyclic) bond motifs is 5. The molecule has 0 atom stereocenters. The lowest BCUT2D eigenvalue weighted by atomic mass is 9.99. The van der Waals surface area contributed by atoms with Gasteiger partial charge in [-0.3, -0.25) is 0 Å². The Morgan fingerprint density at radius 1 is 0.404 bits per heavy atom. The van der Waals surface area contributed by atoms with Gasteiger partial charge in [-0.25, -0.2) is 19.9 Å². The lowest BCUT2D eigenvalue weighted by Crippen LogP contribution is -2.00. The first-order valence-corrected chi connectivity index (χ1v) is 18.0. The van der Waals surface area contributed by atoms with Crippen molar-refractivity contribution in [2.24, 2.45) is 0 Å². The summed E-state index contributed by atoms with van der Waals surface area (Å²) in [5.74, 6) is 1.83. The van der Waals surface area contributed by atoms with Crippen LogP contribution >= 0.6 is 11.3 Å². The summed E-state index contributed by atoms with van der Waals surface area (Å²) in [7, 11) is 0. The first-order chi connectivity index (χ1) is 25.7. The minimum Gasteiger partial charge on any atom is -0.455 e. The van der Waals surface area contributed by atoms with Crippen molar-refractivity contribution < 1.29 is 4.42 Å². The number of hydrogen-bond acceptors (Lipinski definition) is 6. The average Bonchev–Trinajstić information content (AvgIpc) is 3.84. The van der Waals surface area contributed by atoms with E-state index < -0.39 is 0 Å². The van der Waals surface area contributed by atoms with E-state index in [0.29, 0.717) is 17.5 Å². The Balaban J connectivity index is 1.15. The van der Waals surface area contributed by atoms with Crippen LogP contribution in [0, 0.1) is 0 Å². The molecule has 0 unspecified atom stereocenters. The first kappa shape index (κ1) is 30.1. The van der Waals surface area contributed by atoms with Crippen LogP contribution in [-0.2, 0) is 0 Å². The molecule has 0 aliphatic rings. The van der Waals surface area contributed by atoms with Gasteiger partial charge in [-0.1, -0.05) is 146 Å². The lowest BCUT2D eigenvalue weighted by molar-refractivity contribution is 0.670. The van der Waals surface area contributed by atoms with Crippen molar-refractivity contribution >= 4 is 43.5 Å². The van der Waals surface area contributed by atoms with Crippen molar-refractivity contribution in [3.63, 3.8) is 0 Å². The van der Waals surface area contributed by atoms with Crippen molar-refractivity contribution in [3.05, 3.63) is 170 Å². The van der Waals surface area contributed by atoms with E-state index in [1.54, 1.807) is 11.3 Å². The molecule has 3 heterocycles. The summed E-state index contributed by atoms with van der Waals surface area (Å²) in [4.78, 5) is 20.3. The van der Waals surface area contributed by atoms with Gasteiger partial charge >= 0.3 is 0 Å². The maximum Gasteiger partial charge on any atom is 0.164 e. The van der Waals surface area contributed by atoms with Crippen LogP contribution in [0.1, 0.15) is 0 Å². The molecule has 0 amide bonds. The van der Waals surface area contributed by atoms with Gasteiger partial charge in [0, 0.05) is 38.6 Å². The third-order valence-corrected chi connectivity index (χ3v) is 10.5. The van der Waals surface area contributed by atoms with Crippen LogP contribution in [0.15, 0.2) is 174 Å². The van der Waals surface area contributed by atoms with Gasteiger partial charge in [0.2, 0.25) is 0 Å². The van der Waals surface area contributed by atoms with Crippen LogP contribution in [0.3, 0.4) is 0 Å². The van der Waals surface area contributed by atoms with Crippen LogP contribution in [0.5, 0.6) is 0 Å². The van der Waals surface area contributed by atoms with Gasteiger partial charge in [0.25, 0.3) is 0 Å². The molecule has 10 aromatic rings. The predicted molar refractivity (Wildman–Crippen MR) is 213 cm³/mol. The highest BCUT2D eigenvalue weighted by Gasteiger charge is 2.21. The molecule has 0 aliphatic carbocycles. The molecular formula is C46H28N4OS. The molecule has 10 rings (SSSR count). The summed E-state index contributed by atoms with van der Waals surface area (Å²) in [5.41, 5.74) is 10.7. The van der Waals surface area contributed by atoms with E-state index in [1.807, 2.05) is 54.6 Å². The number of nitrogens with zero attached hydrogens (tertiary/aromatic N) is 4. The Kier molecular flexibility index (Phi) is 7.25. The monoisotopic (exact) mass is 684 g/mol. The van der Waals surface area contributed by atoms with Crippen LogP contribution in [0.4, 0.5) is 0 Å². The smallest absolute Gasteiger partial charge is 0.164 e. The Bertz CT molecular complexity index is 2900. The number of furan rings is 1. The lowest BCUT2D eigenvalue weighted by Gasteiger charge is -2.11. The van der Waals surface area contributed by atoms with Crippen molar-refractivity contribution in [2.45, 2.75) is 0 Å². The van der Waals surface area contributed by atoms with Crippen LogP contribution in [0.25, 0.3) is 99.1 Å². The van der Waals surface area contributed by atoms with Gasteiger partial charge in [0.05, 0.1) is 10.2 Å². The second-order valence-corrected chi connectivity index (χ2v) is 13.7. The van der Waals surface area contributed by atoms with Crippen molar-refractivity contribution in [1.82, 2.24) is 19.9 Å².